The molecule has 13 heteroatoms. The van der Waals surface area contributed by atoms with Gasteiger partial charge < -0.3 is 37.5 Å². The van der Waals surface area contributed by atoms with E-state index in [4.69, 9.17) is 11.5 Å². The molecule has 1 aromatic heterocycles. The predicted molar refractivity (Wildman–Crippen MR) is 113 cm³/mol. The summed E-state index contributed by atoms with van der Waals surface area (Å²) in [5.41, 5.74) is 11.6. The minimum atomic E-state index is -1.18. The highest BCUT2D eigenvalue weighted by Crippen LogP contribution is 2.07. The number of nitrogens with one attached hydrogen (secondary N) is 4. The number of carboxylic acid groups (broad SMARTS) is 1. The third-order valence-corrected chi connectivity index (χ3v) is 4.86. The molecule has 1 aromatic rings. The van der Waals surface area contributed by atoms with Crippen molar-refractivity contribution in [3.8, 4) is 0 Å². The average molecular weight is 454 g/mol. The third kappa shape index (κ3) is 9.12. The second kappa shape index (κ2) is 13.0. The van der Waals surface area contributed by atoms with Crippen molar-refractivity contribution in [3.05, 3.63) is 18.2 Å². The van der Waals surface area contributed by atoms with Crippen LogP contribution in [-0.2, 0) is 30.4 Å². The summed E-state index contributed by atoms with van der Waals surface area (Å²) >= 11 is 0. The smallest absolute Gasteiger partial charge is 0.326 e. The van der Waals surface area contributed by atoms with Gasteiger partial charge in [-0.2, -0.15) is 0 Å². The van der Waals surface area contributed by atoms with Gasteiger partial charge in [0.2, 0.25) is 23.6 Å². The van der Waals surface area contributed by atoms with Gasteiger partial charge in [-0.25, -0.2) is 9.78 Å². The summed E-state index contributed by atoms with van der Waals surface area (Å²) in [6, 6.07) is -3.26. The predicted octanol–water partition coefficient (Wildman–Crippen LogP) is -2.24. The lowest BCUT2D eigenvalue weighted by molar-refractivity contribution is -0.143. The number of rotatable bonds is 14. The number of imidazole rings is 1. The topological polar surface area (TPSA) is 222 Å². The van der Waals surface area contributed by atoms with Crippen LogP contribution in [0.3, 0.4) is 0 Å². The van der Waals surface area contributed by atoms with Gasteiger partial charge in [0.25, 0.3) is 0 Å². The molecule has 0 saturated heterocycles. The molecule has 13 nitrogen and oxygen atoms in total. The Morgan fingerprint density at radius 2 is 1.88 bits per heavy atom. The van der Waals surface area contributed by atoms with Gasteiger partial charge in [-0.3, -0.25) is 19.2 Å². The quantitative estimate of drug-likeness (QED) is 0.163. The van der Waals surface area contributed by atoms with Gasteiger partial charge in [0.1, 0.15) is 12.1 Å². The molecule has 4 atom stereocenters. The molecule has 0 aliphatic carbocycles. The van der Waals surface area contributed by atoms with Gasteiger partial charge in [-0.1, -0.05) is 20.3 Å². The number of aliphatic carboxylic acids is 1. The van der Waals surface area contributed by atoms with E-state index in [1.165, 1.54) is 12.5 Å². The van der Waals surface area contributed by atoms with Crippen LogP contribution >= 0.6 is 0 Å². The van der Waals surface area contributed by atoms with Crippen LogP contribution in [0.15, 0.2) is 12.5 Å². The van der Waals surface area contributed by atoms with Gasteiger partial charge >= 0.3 is 5.97 Å². The van der Waals surface area contributed by atoms with Crippen molar-refractivity contribution in [3.63, 3.8) is 0 Å². The number of carbonyl (C=O) groups excluding carboxylic acids is 4. The maximum Gasteiger partial charge on any atom is 0.326 e. The number of amides is 4. The van der Waals surface area contributed by atoms with Crippen LogP contribution in [-0.4, -0.2) is 69.3 Å². The number of carboxylic acids is 1. The van der Waals surface area contributed by atoms with Crippen molar-refractivity contribution in [2.75, 3.05) is 6.54 Å². The summed E-state index contributed by atoms with van der Waals surface area (Å²) in [5.74, 6) is -4.25. The summed E-state index contributed by atoms with van der Waals surface area (Å²) in [5, 5.41) is 16.4. The Balaban J connectivity index is 2.69. The summed E-state index contributed by atoms with van der Waals surface area (Å²) in [7, 11) is 0. The Kier molecular flexibility index (Phi) is 10.8. The molecular formula is C19H31N7O6. The van der Waals surface area contributed by atoms with E-state index in [9.17, 15) is 29.1 Å². The summed E-state index contributed by atoms with van der Waals surface area (Å²) < 4.78 is 0. The van der Waals surface area contributed by atoms with E-state index in [0.29, 0.717) is 12.1 Å². The number of H-pyrrole nitrogens is 1. The third-order valence-electron chi connectivity index (χ3n) is 4.86. The van der Waals surface area contributed by atoms with Gasteiger partial charge in [-0.05, 0) is 12.3 Å². The van der Waals surface area contributed by atoms with Crippen LogP contribution < -0.4 is 27.4 Å². The molecule has 1 heterocycles. The first-order valence-corrected chi connectivity index (χ1v) is 10.2. The number of hydrogen-bond acceptors (Lipinski definition) is 7. The van der Waals surface area contributed by atoms with Crippen LogP contribution in [0.25, 0.3) is 0 Å². The highest BCUT2D eigenvalue weighted by Gasteiger charge is 2.27. The molecule has 0 spiro atoms. The summed E-state index contributed by atoms with van der Waals surface area (Å²) in [6.07, 6.45) is 3.33. The molecular weight excluding hydrogens is 422 g/mol. The molecule has 0 aliphatic rings. The molecule has 4 amide bonds. The van der Waals surface area contributed by atoms with E-state index in [-0.39, 0.29) is 25.2 Å². The van der Waals surface area contributed by atoms with E-state index in [1.54, 1.807) is 13.8 Å². The van der Waals surface area contributed by atoms with Crippen molar-refractivity contribution >= 4 is 29.6 Å². The fourth-order valence-electron chi connectivity index (χ4n) is 2.76. The fourth-order valence-corrected chi connectivity index (χ4v) is 2.76. The first-order chi connectivity index (χ1) is 15.0. The number of aromatic nitrogens is 2. The molecule has 4 unspecified atom stereocenters. The molecule has 0 aliphatic heterocycles. The Morgan fingerprint density at radius 3 is 2.41 bits per heavy atom. The number of aromatic amines is 1. The number of nitrogens with zero attached hydrogens (tertiary/aromatic N) is 1. The van der Waals surface area contributed by atoms with Gasteiger partial charge in [0, 0.05) is 24.7 Å². The highest BCUT2D eigenvalue weighted by molar-refractivity contribution is 5.93. The van der Waals surface area contributed by atoms with Crippen molar-refractivity contribution < 1.29 is 29.1 Å². The first-order valence-electron chi connectivity index (χ1n) is 10.2. The van der Waals surface area contributed by atoms with Gasteiger partial charge in [-0.15, -0.1) is 0 Å². The molecule has 1 rings (SSSR count). The number of primary amides is 1. The number of nitrogens with two attached hydrogens (primary N) is 2. The lowest BCUT2D eigenvalue weighted by atomic mass is 9.99. The Morgan fingerprint density at radius 1 is 1.19 bits per heavy atom. The monoisotopic (exact) mass is 453 g/mol. The van der Waals surface area contributed by atoms with Crippen molar-refractivity contribution in [1.29, 1.82) is 0 Å². The van der Waals surface area contributed by atoms with Gasteiger partial charge in [0.15, 0.2) is 0 Å². The normalized spacial score (nSPS) is 14.5. The van der Waals surface area contributed by atoms with Gasteiger partial charge in [0.05, 0.1) is 18.9 Å². The molecule has 0 fully saturated rings. The minimum absolute atomic E-state index is 0.101. The zero-order valence-electron chi connectivity index (χ0n) is 18.1. The first kappa shape index (κ1) is 26.6. The van der Waals surface area contributed by atoms with Crippen LogP contribution in [0.2, 0.25) is 0 Å². The molecule has 0 saturated carbocycles. The standard InChI is InChI=1S/C19H31N7O6/c1-3-10(2)16(19(31)32)26-15(28)8-23-18(30)13(4-5-14(21)27)25-17(29)12(20)6-11-7-22-9-24-11/h7,9-10,12-13,16H,3-6,8,20H2,1-2H3,(H2,21,27)(H,22,24)(H,23,30)(H,25,29)(H,26,28)(H,31,32). The Hall–Kier alpha value is -3.48. The molecule has 9 N–H and O–H groups in total. The second-order valence-corrected chi connectivity index (χ2v) is 7.44. The number of carbonyl (C=O) groups is 5. The molecule has 178 valence electrons. The molecule has 0 aromatic carbocycles. The van der Waals surface area contributed by atoms with Crippen molar-refractivity contribution in [2.24, 2.45) is 17.4 Å². The Bertz CT molecular complexity index is 798. The van der Waals surface area contributed by atoms with E-state index in [2.05, 4.69) is 25.9 Å². The van der Waals surface area contributed by atoms with Crippen LogP contribution in [0.5, 0.6) is 0 Å². The van der Waals surface area contributed by atoms with E-state index in [1.807, 2.05) is 0 Å². The second-order valence-electron chi connectivity index (χ2n) is 7.44. The number of hydrogen-bond donors (Lipinski definition) is 7. The van der Waals surface area contributed by atoms with Crippen molar-refractivity contribution in [2.45, 2.75) is 57.7 Å². The average Bonchev–Trinajstić information content (AvgIpc) is 3.24. The Labute approximate surface area is 185 Å². The molecule has 32 heavy (non-hydrogen) atoms. The lowest BCUT2D eigenvalue weighted by Crippen LogP contribution is -2.54. The van der Waals surface area contributed by atoms with Crippen molar-refractivity contribution in [1.82, 2.24) is 25.9 Å². The maximum atomic E-state index is 12.5. The van der Waals surface area contributed by atoms with E-state index >= 15 is 0 Å². The summed E-state index contributed by atoms with van der Waals surface area (Å²) in [4.78, 5) is 66.1. The molecule has 0 bridgehead atoms. The summed E-state index contributed by atoms with van der Waals surface area (Å²) in [6.45, 7) is 2.96. The zero-order valence-corrected chi connectivity index (χ0v) is 18.1. The highest BCUT2D eigenvalue weighted by atomic mass is 16.4. The minimum Gasteiger partial charge on any atom is -0.480 e. The van der Waals surface area contributed by atoms with Crippen LogP contribution in [0, 0.1) is 5.92 Å². The largest absolute Gasteiger partial charge is 0.480 e. The lowest BCUT2D eigenvalue weighted by Gasteiger charge is -2.22. The van der Waals surface area contributed by atoms with Crippen LogP contribution in [0.4, 0.5) is 0 Å². The van der Waals surface area contributed by atoms with Crippen LogP contribution in [0.1, 0.15) is 38.8 Å². The SMILES string of the molecule is CCC(C)C(NC(=O)CNC(=O)C(CCC(N)=O)NC(=O)C(N)Cc1cnc[nH]1)C(=O)O. The van der Waals surface area contributed by atoms with E-state index in [0.717, 1.165) is 0 Å². The fraction of sp³-hybridized carbons (Fsp3) is 0.579. The zero-order chi connectivity index (χ0) is 24.3. The maximum absolute atomic E-state index is 12.5. The molecule has 0 radical (unpaired) electrons. The van der Waals surface area contributed by atoms with E-state index < -0.39 is 54.3 Å².